The van der Waals surface area contributed by atoms with Gasteiger partial charge in [-0.1, -0.05) is 38.8 Å². The molecule has 5 nitrogen and oxygen atoms in total. The third-order valence-electron chi connectivity index (χ3n) is 3.20. The Morgan fingerprint density at radius 3 is 2.75 bits per heavy atom. The first-order chi connectivity index (χ1) is 9.51. The Kier molecular flexibility index (Phi) is 7.02. The van der Waals surface area contributed by atoms with Gasteiger partial charge in [0, 0.05) is 13.7 Å². The van der Waals surface area contributed by atoms with Gasteiger partial charge in [-0.15, -0.1) is 0 Å². The van der Waals surface area contributed by atoms with Crippen molar-refractivity contribution in [1.82, 2.24) is 9.78 Å². The SMILES string of the molecule is CCCCn1ncc(NC(COC)C(C)C)c(Cl)c1=O. The number of aromatic nitrogens is 2. The summed E-state index contributed by atoms with van der Waals surface area (Å²) in [6.07, 6.45) is 3.54. The van der Waals surface area contributed by atoms with Crippen LogP contribution in [0.3, 0.4) is 0 Å². The molecule has 0 fully saturated rings. The Balaban J connectivity index is 2.91. The summed E-state index contributed by atoms with van der Waals surface area (Å²) in [7, 11) is 1.65. The lowest BCUT2D eigenvalue weighted by Gasteiger charge is -2.23. The largest absolute Gasteiger partial charge is 0.383 e. The molecule has 1 atom stereocenters. The number of nitrogens with one attached hydrogen (secondary N) is 1. The number of methoxy groups -OCH3 is 1. The molecule has 6 heteroatoms. The van der Waals surface area contributed by atoms with Gasteiger partial charge in [0.05, 0.1) is 24.5 Å². The van der Waals surface area contributed by atoms with Gasteiger partial charge in [-0.25, -0.2) is 4.68 Å². The van der Waals surface area contributed by atoms with Crippen LogP contribution in [0.4, 0.5) is 5.69 Å². The minimum absolute atomic E-state index is 0.0881. The maximum Gasteiger partial charge on any atom is 0.287 e. The van der Waals surface area contributed by atoms with E-state index < -0.39 is 0 Å². The summed E-state index contributed by atoms with van der Waals surface area (Å²) >= 11 is 6.15. The predicted octanol–water partition coefficient (Wildman–Crippen LogP) is 2.78. The van der Waals surface area contributed by atoms with Crippen molar-refractivity contribution in [3.63, 3.8) is 0 Å². The number of rotatable bonds is 8. The molecule has 114 valence electrons. The second-order valence-electron chi connectivity index (χ2n) is 5.20. The number of ether oxygens (including phenoxy) is 1. The topological polar surface area (TPSA) is 56.1 Å². The Labute approximate surface area is 125 Å². The standard InChI is InChI=1S/C14H24ClN3O2/c1-5-6-7-18-14(19)13(15)11(8-16-18)17-12(9-20-4)10(2)3/h8,10,12,17H,5-7,9H2,1-4H3. The minimum Gasteiger partial charge on any atom is -0.383 e. The Morgan fingerprint density at radius 2 is 2.20 bits per heavy atom. The van der Waals surface area contributed by atoms with E-state index in [4.69, 9.17) is 16.3 Å². The van der Waals surface area contributed by atoms with Gasteiger partial charge in [0.15, 0.2) is 0 Å². The Bertz CT molecular complexity index is 474. The molecule has 0 radical (unpaired) electrons. The van der Waals surface area contributed by atoms with Crippen LogP contribution in [-0.2, 0) is 11.3 Å². The molecule has 1 N–H and O–H groups in total. The lowest BCUT2D eigenvalue weighted by Crippen LogP contribution is -2.32. The molecular weight excluding hydrogens is 278 g/mol. The zero-order valence-electron chi connectivity index (χ0n) is 12.6. The van der Waals surface area contributed by atoms with Crippen molar-refractivity contribution in [1.29, 1.82) is 0 Å². The number of hydrogen-bond donors (Lipinski definition) is 1. The summed E-state index contributed by atoms with van der Waals surface area (Å²) in [4.78, 5) is 12.1. The van der Waals surface area contributed by atoms with Crippen LogP contribution >= 0.6 is 11.6 Å². The van der Waals surface area contributed by atoms with Gasteiger partial charge in [-0.05, 0) is 12.3 Å². The minimum atomic E-state index is -0.245. The van der Waals surface area contributed by atoms with Crippen LogP contribution in [0.15, 0.2) is 11.0 Å². The molecular formula is C14H24ClN3O2. The highest BCUT2D eigenvalue weighted by atomic mass is 35.5. The van der Waals surface area contributed by atoms with Gasteiger partial charge < -0.3 is 10.1 Å². The van der Waals surface area contributed by atoms with Crippen LogP contribution in [0.25, 0.3) is 0 Å². The van der Waals surface area contributed by atoms with E-state index in [-0.39, 0.29) is 16.6 Å². The number of anilines is 1. The average molecular weight is 302 g/mol. The molecule has 0 aromatic carbocycles. The van der Waals surface area contributed by atoms with Crippen molar-refractivity contribution < 1.29 is 4.74 Å². The van der Waals surface area contributed by atoms with E-state index in [2.05, 4.69) is 31.2 Å². The number of hydrogen-bond acceptors (Lipinski definition) is 4. The van der Waals surface area contributed by atoms with Crippen LogP contribution in [0.2, 0.25) is 5.02 Å². The van der Waals surface area contributed by atoms with E-state index in [0.717, 1.165) is 12.8 Å². The molecule has 0 saturated heterocycles. The van der Waals surface area contributed by atoms with E-state index in [9.17, 15) is 4.79 Å². The molecule has 0 bridgehead atoms. The molecule has 0 amide bonds. The number of unbranched alkanes of at least 4 members (excludes halogenated alkanes) is 1. The third kappa shape index (κ3) is 4.49. The Morgan fingerprint density at radius 1 is 1.50 bits per heavy atom. The highest BCUT2D eigenvalue weighted by Crippen LogP contribution is 2.19. The van der Waals surface area contributed by atoms with Crippen LogP contribution in [0, 0.1) is 5.92 Å². The normalized spacial score (nSPS) is 12.7. The average Bonchev–Trinajstić information content (AvgIpc) is 2.42. The van der Waals surface area contributed by atoms with Crippen molar-refractivity contribution in [3.05, 3.63) is 21.6 Å². The molecule has 1 aromatic heterocycles. The summed E-state index contributed by atoms with van der Waals surface area (Å²) < 4.78 is 6.59. The van der Waals surface area contributed by atoms with Crippen LogP contribution in [0.5, 0.6) is 0 Å². The van der Waals surface area contributed by atoms with Gasteiger partial charge in [0.2, 0.25) is 0 Å². The molecule has 0 aliphatic heterocycles. The van der Waals surface area contributed by atoms with Gasteiger partial charge in [0.25, 0.3) is 5.56 Å². The van der Waals surface area contributed by atoms with E-state index >= 15 is 0 Å². The van der Waals surface area contributed by atoms with E-state index in [1.54, 1.807) is 13.3 Å². The fraction of sp³-hybridized carbons (Fsp3) is 0.714. The van der Waals surface area contributed by atoms with Crippen LogP contribution < -0.4 is 10.9 Å². The quantitative estimate of drug-likeness (QED) is 0.802. The lowest BCUT2D eigenvalue weighted by atomic mass is 10.1. The fourth-order valence-corrected chi connectivity index (χ4v) is 2.01. The smallest absolute Gasteiger partial charge is 0.287 e. The molecule has 0 aliphatic rings. The molecule has 1 rings (SSSR count). The second-order valence-corrected chi connectivity index (χ2v) is 5.58. The summed E-state index contributed by atoms with van der Waals surface area (Å²) in [5.41, 5.74) is 0.324. The number of aryl methyl sites for hydroxylation is 1. The summed E-state index contributed by atoms with van der Waals surface area (Å²) in [5.74, 6) is 0.355. The monoisotopic (exact) mass is 301 g/mol. The number of nitrogens with zero attached hydrogens (tertiary/aromatic N) is 2. The highest BCUT2D eigenvalue weighted by Gasteiger charge is 2.16. The lowest BCUT2D eigenvalue weighted by molar-refractivity contribution is 0.171. The molecule has 0 spiro atoms. The zero-order valence-corrected chi connectivity index (χ0v) is 13.4. The summed E-state index contributed by atoms with van der Waals surface area (Å²) in [6.45, 7) is 7.38. The van der Waals surface area contributed by atoms with Gasteiger partial charge in [0.1, 0.15) is 5.02 Å². The third-order valence-corrected chi connectivity index (χ3v) is 3.57. The zero-order chi connectivity index (χ0) is 15.1. The van der Waals surface area contributed by atoms with Crippen LogP contribution in [0.1, 0.15) is 33.6 Å². The van der Waals surface area contributed by atoms with E-state index in [1.807, 2.05) is 0 Å². The first kappa shape index (κ1) is 17.0. The van der Waals surface area contributed by atoms with Crippen LogP contribution in [-0.4, -0.2) is 29.5 Å². The molecule has 1 aromatic rings. The van der Waals surface area contributed by atoms with Gasteiger partial charge in [-0.3, -0.25) is 4.79 Å². The van der Waals surface area contributed by atoms with E-state index in [1.165, 1.54) is 4.68 Å². The second kappa shape index (κ2) is 8.27. The van der Waals surface area contributed by atoms with Crippen molar-refractivity contribution in [2.75, 3.05) is 19.0 Å². The molecule has 1 unspecified atom stereocenters. The predicted molar refractivity (Wildman–Crippen MR) is 82.5 cm³/mol. The first-order valence-electron chi connectivity index (χ1n) is 7.02. The van der Waals surface area contributed by atoms with Gasteiger partial charge >= 0.3 is 0 Å². The maximum absolute atomic E-state index is 12.1. The summed E-state index contributed by atoms with van der Waals surface area (Å²) in [6, 6.07) is 0.0881. The van der Waals surface area contributed by atoms with Crippen molar-refractivity contribution in [2.24, 2.45) is 5.92 Å². The molecule has 1 heterocycles. The highest BCUT2D eigenvalue weighted by molar-refractivity contribution is 6.32. The Hall–Kier alpha value is -1.07. The summed E-state index contributed by atoms with van der Waals surface area (Å²) in [5, 5.41) is 7.60. The van der Waals surface area contributed by atoms with Crippen molar-refractivity contribution in [3.8, 4) is 0 Å². The maximum atomic E-state index is 12.1. The van der Waals surface area contributed by atoms with Crippen molar-refractivity contribution in [2.45, 2.75) is 46.2 Å². The van der Waals surface area contributed by atoms with Crippen molar-refractivity contribution >= 4 is 17.3 Å². The molecule has 0 aliphatic carbocycles. The number of halogens is 1. The van der Waals surface area contributed by atoms with E-state index in [0.29, 0.717) is 24.8 Å². The molecule has 20 heavy (non-hydrogen) atoms. The van der Waals surface area contributed by atoms with Gasteiger partial charge in [-0.2, -0.15) is 5.10 Å². The fourth-order valence-electron chi connectivity index (χ4n) is 1.81. The molecule has 0 saturated carbocycles. The first-order valence-corrected chi connectivity index (χ1v) is 7.40.